The molecule has 1 aliphatic carbocycles. The molecule has 100 valence electrons. The van der Waals surface area contributed by atoms with Crippen molar-refractivity contribution in [3.63, 3.8) is 0 Å². The third-order valence-corrected chi connectivity index (χ3v) is 4.67. The monoisotopic (exact) mass is 265 g/mol. The first-order valence-electron chi connectivity index (χ1n) is 6.94. The van der Waals surface area contributed by atoms with Crippen LogP contribution in [0.1, 0.15) is 55.1 Å². The molecule has 0 amide bonds. The second-order valence-corrected chi connectivity index (χ2v) is 6.08. The van der Waals surface area contributed by atoms with Crippen LogP contribution < -0.4 is 5.73 Å². The van der Waals surface area contributed by atoms with Crippen molar-refractivity contribution in [3.8, 4) is 0 Å². The molecule has 2 nitrogen and oxygen atoms in total. The number of rotatable bonds is 5. The quantitative estimate of drug-likeness (QED) is 0.852. The average Bonchev–Trinajstić information content (AvgIpc) is 2.87. The Labute approximate surface area is 114 Å². The summed E-state index contributed by atoms with van der Waals surface area (Å²) in [6.07, 6.45) is 11.6. The molecule has 0 bridgehead atoms. The first-order chi connectivity index (χ1) is 8.79. The molecule has 3 N–H and O–H groups in total. The molecule has 3 heteroatoms. The molecule has 0 aromatic carbocycles. The summed E-state index contributed by atoms with van der Waals surface area (Å²) in [5.41, 5.74) is 6.68. The molecule has 1 saturated carbocycles. The molecule has 18 heavy (non-hydrogen) atoms. The molecule has 0 saturated heterocycles. The summed E-state index contributed by atoms with van der Waals surface area (Å²) in [6.45, 7) is 0.534. The van der Waals surface area contributed by atoms with Gasteiger partial charge in [-0.15, -0.1) is 11.3 Å². The number of hydrogen-bond donors (Lipinski definition) is 2. The highest BCUT2D eigenvalue weighted by atomic mass is 32.1. The topological polar surface area (TPSA) is 46.2 Å². The Morgan fingerprint density at radius 2 is 2.17 bits per heavy atom. The minimum absolute atomic E-state index is 0.392. The molecule has 1 unspecified atom stereocenters. The molecule has 1 aliphatic rings. The van der Waals surface area contributed by atoms with Crippen molar-refractivity contribution in [1.29, 1.82) is 0 Å². The molecule has 1 fully saturated rings. The van der Waals surface area contributed by atoms with Gasteiger partial charge in [0.15, 0.2) is 0 Å². The number of aliphatic hydroxyl groups is 1. The highest BCUT2D eigenvalue weighted by Crippen LogP contribution is 2.28. The summed E-state index contributed by atoms with van der Waals surface area (Å²) in [6, 6.07) is 2.09. The Morgan fingerprint density at radius 1 is 1.39 bits per heavy atom. The van der Waals surface area contributed by atoms with Gasteiger partial charge in [0.2, 0.25) is 0 Å². The smallest absolute Gasteiger partial charge is 0.0894 e. The minimum Gasteiger partial charge on any atom is -0.388 e. The molecule has 2 rings (SSSR count). The van der Waals surface area contributed by atoms with Crippen molar-refractivity contribution in [1.82, 2.24) is 0 Å². The van der Waals surface area contributed by atoms with E-state index in [1.54, 1.807) is 11.3 Å². The molecule has 1 aromatic heterocycles. The maximum atomic E-state index is 9.86. The largest absolute Gasteiger partial charge is 0.388 e. The Bertz CT molecular complexity index is 380. The summed E-state index contributed by atoms with van der Waals surface area (Å²) >= 11 is 1.63. The third-order valence-electron chi connectivity index (χ3n) is 3.62. The van der Waals surface area contributed by atoms with E-state index in [9.17, 15) is 5.11 Å². The second-order valence-electron chi connectivity index (χ2n) is 5.13. The zero-order valence-electron chi connectivity index (χ0n) is 10.8. The van der Waals surface area contributed by atoms with Crippen LogP contribution in [0.15, 0.2) is 17.5 Å². The van der Waals surface area contributed by atoms with E-state index in [1.807, 2.05) is 0 Å². The normalized spacial score (nSPS) is 19.4. The first kappa shape index (κ1) is 13.8. The average molecular weight is 265 g/mol. The summed E-state index contributed by atoms with van der Waals surface area (Å²) in [5, 5.41) is 12.0. The van der Waals surface area contributed by atoms with Gasteiger partial charge in [-0.1, -0.05) is 31.4 Å². The molecule has 1 heterocycles. The summed E-state index contributed by atoms with van der Waals surface area (Å²) in [5.74, 6) is 0.760. The van der Waals surface area contributed by atoms with Crippen molar-refractivity contribution in [3.05, 3.63) is 28.0 Å². The molecular formula is C15H23NOS. The fourth-order valence-corrected chi connectivity index (χ4v) is 3.40. The maximum absolute atomic E-state index is 9.86. The van der Waals surface area contributed by atoms with Crippen LogP contribution in [0.2, 0.25) is 0 Å². The molecule has 0 spiro atoms. The number of nitrogens with two attached hydrogens (primary N) is 1. The SMILES string of the molecule is NCCC(O)c1cc(C=CC2CCCCC2)cs1. The lowest BCUT2D eigenvalue weighted by Crippen LogP contribution is -2.05. The molecule has 0 aliphatic heterocycles. The number of aliphatic hydroxyl groups excluding tert-OH is 1. The van der Waals surface area contributed by atoms with Crippen LogP contribution in [-0.4, -0.2) is 11.7 Å². The number of allylic oxidation sites excluding steroid dienone is 1. The Balaban J connectivity index is 1.91. The van der Waals surface area contributed by atoms with Gasteiger partial charge in [0, 0.05) is 4.88 Å². The van der Waals surface area contributed by atoms with Crippen LogP contribution in [0.5, 0.6) is 0 Å². The van der Waals surface area contributed by atoms with Crippen LogP contribution in [0.4, 0.5) is 0 Å². The van der Waals surface area contributed by atoms with Crippen LogP contribution >= 0.6 is 11.3 Å². The third kappa shape index (κ3) is 3.94. The number of hydrogen-bond acceptors (Lipinski definition) is 3. The lowest BCUT2D eigenvalue weighted by atomic mass is 9.89. The van der Waals surface area contributed by atoms with Gasteiger partial charge in [-0.3, -0.25) is 0 Å². The van der Waals surface area contributed by atoms with Crippen molar-refractivity contribution in [2.45, 2.75) is 44.6 Å². The summed E-state index contributed by atoms with van der Waals surface area (Å²) in [4.78, 5) is 1.03. The molecule has 1 aromatic rings. The Kier molecular flexibility index (Phi) is 5.42. The fourth-order valence-electron chi connectivity index (χ4n) is 2.50. The Morgan fingerprint density at radius 3 is 2.89 bits per heavy atom. The van der Waals surface area contributed by atoms with Gasteiger partial charge in [-0.2, -0.15) is 0 Å². The lowest BCUT2D eigenvalue weighted by Gasteiger charge is -2.17. The summed E-state index contributed by atoms with van der Waals surface area (Å²) in [7, 11) is 0. The predicted octanol–water partition coefficient (Wildman–Crippen LogP) is 3.72. The van der Waals surface area contributed by atoms with Crippen LogP contribution in [0.25, 0.3) is 6.08 Å². The van der Waals surface area contributed by atoms with E-state index in [-0.39, 0.29) is 0 Å². The van der Waals surface area contributed by atoms with E-state index in [1.165, 1.54) is 37.7 Å². The fraction of sp³-hybridized carbons (Fsp3) is 0.600. The van der Waals surface area contributed by atoms with Crippen molar-refractivity contribution in [2.24, 2.45) is 11.7 Å². The zero-order valence-corrected chi connectivity index (χ0v) is 11.7. The van der Waals surface area contributed by atoms with Crippen molar-refractivity contribution < 1.29 is 5.11 Å². The molecule has 1 atom stereocenters. The van der Waals surface area contributed by atoms with E-state index in [0.29, 0.717) is 13.0 Å². The van der Waals surface area contributed by atoms with Crippen LogP contribution in [-0.2, 0) is 0 Å². The van der Waals surface area contributed by atoms with Crippen molar-refractivity contribution >= 4 is 17.4 Å². The highest BCUT2D eigenvalue weighted by Gasteiger charge is 2.11. The van der Waals surface area contributed by atoms with Crippen LogP contribution in [0, 0.1) is 5.92 Å². The zero-order chi connectivity index (χ0) is 12.8. The van der Waals surface area contributed by atoms with Gasteiger partial charge in [0.05, 0.1) is 6.10 Å². The number of thiophene rings is 1. The van der Waals surface area contributed by atoms with Crippen LogP contribution in [0.3, 0.4) is 0 Å². The van der Waals surface area contributed by atoms with Gasteiger partial charge in [0.25, 0.3) is 0 Å². The second kappa shape index (κ2) is 7.07. The van der Waals surface area contributed by atoms with E-state index < -0.39 is 6.10 Å². The molecule has 0 radical (unpaired) electrons. The van der Waals surface area contributed by atoms with Gasteiger partial charge >= 0.3 is 0 Å². The maximum Gasteiger partial charge on any atom is 0.0894 e. The van der Waals surface area contributed by atoms with E-state index in [2.05, 4.69) is 23.6 Å². The molecular weight excluding hydrogens is 242 g/mol. The Hall–Kier alpha value is -0.640. The highest BCUT2D eigenvalue weighted by molar-refractivity contribution is 7.10. The van der Waals surface area contributed by atoms with Gasteiger partial charge in [-0.05, 0) is 48.7 Å². The van der Waals surface area contributed by atoms with E-state index in [4.69, 9.17) is 5.73 Å². The minimum atomic E-state index is -0.392. The standard InChI is InChI=1S/C15H23NOS/c16-9-8-14(17)15-10-13(11-18-15)7-6-12-4-2-1-3-5-12/h6-7,10-12,14,17H,1-5,8-9,16H2. The van der Waals surface area contributed by atoms with E-state index in [0.717, 1.165) is 10.8 Å². The first-order valence-corrected chi connectivity index (χ1v) is 7.82. The van der Waals surface area contributed by atoms with Crippen molar-refractivity contribution in [2.75, 3.05) is 6.54 Å². The van der Waals surface area contributed by atoms with Gasteiger partial charge in [0.1, 0.15) is 0 Å². The van der Waals surface area contributed by atoms with E-state index >= 15 is 0 Å². The van der Waals surface area contributed by atoms with Gasteiger partial charge in [-0.25, -0.2) is 0 Å². The van der Waals surface area contributed by atoms with Gasteiger partial charge < -0.3 is 10.8 Å². The summed E-state index contributed by atoms with van der Waals surface area (Å²) < 4.78 is 0. The predicted molar refractivity (Wildman–Crippen MR) is 78.6 cm³/mol. The lowest BCUT2D eigenvalue weighted by molar-refractivity contribution is 0.174.